The average molecular weight is 399 g/mol. The highest BCUT2D eigenvalue weighted by molar-refractivity contribution is 5.84. The largest absolute Gasteiger partial charge is 0.489 e. The van der Waals surface area contributed by atoms with Crippen molar-refractivity contribution in [1.82, 2.24) is 5.32 Å². The third-order valence-corrected chi connectivity index (χ3v) is 5.35. The van der Waals surface area contributed by atoms with Gasteiger partial charge in [0.25, 0.3) is 0 Å². The molecule has 1 aliphatic carbocycles. The Kier molecular flexibility index (Phi) is 7.22. The fourth-order valence-corrected chi connectivity index (χ4v) is 3.74. The molecular formula is C23H26FNO4. The Morgan fingerprint density at radius 1 is 1.03 bits per heavy atom. The molecule has 1 amide bonds. The van der Waals surface area contributed by atoms with E-state index in [0.717, 1.165) is 24.0 Å². The molecule has 2 atom stereocenters. The number of hydrogen-bond donors (Lipinski definition) is 2. The van der Waals surface area contributed by atoms with Crippen LogP contribution in [0.15, 0.2) is 48.5 Å². The van der Waals surface area contributed by atoms with Gasteiger partial charge in [-0.15, -0.1) is 0 Å². The molecule has 1 fully saturated rings. The SMILES string of the molecule is O=C(O)C1CCCCC1C(=O)NCCc1cccc(OCc2ccc(F)cc2)c1. The topological polar surface area (TPSA) is 75.6 Å². The Hall–Kier alpha value is -2.89. The molecule has 0 radical (unpaired) electrons. The second kappa shape index (κ2) is 10.0. The smallest absolute Gasteiger partial charge is 0.307 e. The lowest BCUT2D eigenvalue weighted by atomic mass is 9.78. The Morgan fingerprint density at radius 3 is 2.48 bits per heavy atom. The first-order valence-electron chi connectivity index (χ1n) is 9.99. The molecule has 0 spiro atoms. The summed E-state index contributed by atoms with van der Waals surface area (Å²) in [6, 6.07) is 13.8. The number of nitrogens with one attached hydrogen (secondary N) is 1. The minimum Gasteiger partial charge on any atom is -0.489 e. The predicted molar refractivity (Wildman–Crippen MR) is 107 cm³/mol. The quantitative estimate of drug-likeness (QED) is 0.705. The zero-order valence-corrected chi connectivity index (χ0v) is 16.3. The third-order valence-electron chi connectivity index (χ3n) is 5.35. The van der Waals surface area contributed by atoms with Gasteiger partial charge in [0, 0.05) is 6.54 Å². The number of amides is 1. The summed E-state index contributed by atoms with van der Waals surface area (Å²) in [5.41, 5.74) is 1.89. The van der Waals surface area contributed by atoms with Gasteiger partial charge in [-0.1, -0.05) is 37.1 Å². The summed E-state index contributed by atoms with van der Waals surface area (Å²) >= 11 is 0. The van der Waals surface area contributed by atoms with Crippen LogP contribution in [0.25, 0.3) is 0 Å². The minimum atomic E-state index is -0.879. The molecule has 2 N–H and O–H groups in total. The summed E-state index contributed by atoms with van der Waals surface area (Å²) < 4.78 is 18.7. The first kappa shape index (κ1) is 20.8. The Bertz CT molecular complexity index is 837. The molecule has 0 heterocycles. The number of carbonyl (C=O) groups excluding carboxylic acids is 1. The second-order valence-electron chi connectivity index (χ2n) is 7.44. The molecule has 6 heteroatoms. The molecule has 154 valence electrons. The molecule has 0 saturated heterocycles. The van der Waals surface area contributed by atoms with Crippen LogP contribution >= 0.6 is 0 Å². The van der Waals surface area contributed by atoms with Gasteiger partial charge in [0.05, 0.1) is 11.8 Å². The number of benzene rings is 2. The van der Waals surface area contributed by atoms with Crippen molar-refractivity contribution in [2.24, 2.45) is 11.8 Å². The van der Waals surface area contributed by atoms with Gasteiger partial charge in [0.1, 0.15) is 18.2 Å². The minimum absolute atomic E-state index is 0.166. The summed E-state index contributed by atoms with van der Waals surface area (Å²) in [6.07, 6.45) is 3.60. The van der Waals surface area contributed by atoms with Crippen LogP contribution in [0.1, 0.15) is 36.8 Å². The molecule has 2 unspecified atom stereocenters. The summed E-state index contributed by atoms with van der Waals surface area (Å²) in [4.78, 5) is 23.8. The zero-order valence-electron chi connectivity index (χ0n) is 16.3. The molecule has 2 aromatic carbocycles. The zero-order chi connectivity index (χ0) is 20.6. The van der Waals surface area contributed by atoms with Crippen LogP contribution in [0, 0.1) is 17.7 Å². The van der Waals surface area contributed by atoms with Crippen molar-refractivity contribution in [2.45, 2.75) is 38.7 Å². The lowest BCUT2D eigenvalue weighted by Gasteiger charge is -2.27. The number of carboxylic acids is 1. The number of hydrogen-bond acceptors (Lipinski definition) is 3. The first-order chi connectivity index (χ1) is 14.0. The van der Waals surface area contributed by atoms with Crippen molar-refractivity contribution in [3.05, 3.63) is 65.5 Å². The summed E-state index contributed by atoms with van der Waals surface area (Å²) in [5, 5.41) is 12.2. The van der Waals surface area contributed by atoms with E-state index in [1.165, 1.54) is 12.1 Å². The molecule has 0 bridgehead atoms. The molecule has 29 heavy (non-hydrogen) atoms. The Labute approximate surface area is 169 Å². The van der Waals surface area contributed by atoms with Crippen molar-refractivity contribution in [2.75, 3.05) is 6.54 Å². The fourth-order valence-electron chi connectivity index (χ4n) is 3.74. The second-order valence-corrected chi connectivity index (χ2v) is 7.44. The maximum atomic E-state index is 13.0. The van der Waals surface area contributed by atoms with Crippen molar-refractivity contribution in [3.63, 3.8) is 0 Å². The number of halogens is 1. The maximum Gasteiger partial charge on any atom is 0.307 e. The van der Waals surface area contributed by atoms with Gasteiger partial charge >= 0.3 is 5.97 Å². The van der Waals surface area contributed by atoms with Gasteiger partial charge in [0.15, 0.2) is 0 Å². The molecule has 2 aromatic rings. The normalized spacial score (nSPS) is 18.8. The Balaban J connectivity index is 1.48. The average Bonchev–Trinajstić information content (AvgIpc) is 2.73. The van der Waals surface area contributed by atoms with Crippen molar-refractivity contribution in [3.8, 4) is 5.75 Å². The molecule has 1 aliphatic rings. The molecule has 1 saturated carbocycles. The van der Waals surface area contributed by atoms with Crippen LogP contribution in [0.5, 0.6) is 5.75 Å². The predicted octanol–water partition coefficient (Wildman–Crippen LogP) is 3.95. The van der Waals surface area contributed by atoms with Crippen LogP contribution < -0.4 is 10.1 Å². The number of ether oxygens (including phenoxy) is 1. The van der Waals surface area contributed by atoms with Crippen LogP contribution in [0.2, 0.25) is 0 Å². The summed E-state index contributed by atoms with van der Waals surface area (Å²) in [5.74, 6) is -1.63. The fraction of sp³-hybridized carbons (Fsp3) is 0.391. The van der Waals surface area contributed by atoms with E-state index in [2.05, 4.69) is 5.32 Å². The van der Waals surface area contributed by atoms with E-state index in [9.17, 15) is 19.1 Å². The van der Waals surface area contributed by atoms with Crippen molar-refractivity contribution >= 4 is 11.9 Å². The van der Waals surface area contributed by atoms with E-state index in [1.54, 1.807) is 12.1 Å². The van der Waals surface area contributed by atoms with E-state index in [1.807, 2.05) is 24.3 Å². The van der Waals surface area contributed by atoms with Crippen LogP contribution in [-0.2, 0) is 22.6 Å². The van der Waals surface area contributed by atoms with Gasteiger partial charge in [-0.2, -0.15) is 0 Å². The van der Waals surface area contributed by atoms with Gasteiger partial charge in [-0.05, 0) is 54.7 Å². The van der Waals surface area contributed by atoms with Crippen LogP contribution in [0.3, 0.4) is 0 Å². The number of aliphatic carboxylic acids is 1. The highest BCUT2D eigenvalue weighted by Crippen LogP contribution is 2.30. The lowest BCUT2D eigenvalue weighted by Crippen LogP contribution is -2.40. The number of carboxylic acid groups (broad SMARTS) is 1. The monoisotopic (exact) mass is 399 g/mol. The summed E-state index contributed by atoms with van der Waals surface area (Å²) in [7, 11) is 0. The van der Waals surface area contributed by atoms with Gasteiger partial charge in [-0.25, -0.2) is 4.39 Å². The van der Waals surface area contributed by atoms with Gasteiger partial charge in [-0.3, -0.25) is 9.59 Å². The number of rotatable bonds is 8. The van der Waals surface area contributed by atoms with Crippen LogP contribution in [-0.4, -0.2) is 23.5 Å². The first-order valence-corrected chi connectivity index (χ1v) is 9.99. The van der Waals surface area contributed by atoms with E-state index < -0.39 is 17.8 Å². The molecule has 5 nitrogen and oxygen atoms in total. The highest BCUT2D eigenvalue weighted by Gasteiger charge is 2.35. The van der Waals surface area contributed by atoms with Crippen molar-refractivity contribution < 1.29 is 23.8 Å². The van der Waals surface area contributed by atoms with E-state index in [0.29, 0.717) is 38.2 Å². The molecule has 3 rings (SSSR count). The standard InChI is InChI=1S/C23H26FNO4/c24-18-10-8-17(9-11-18)15-29-19-5-3-4-16(14-19)12-13-25-22(26)20-6-1-2-7-21(20)23(27)28/h3-5,8-11,14,20-21H,1-2,6-7,12-13,15H2,(H,25,26)(H,27,28). The third kappa shape index (κ3) is 6.04. The van der Waals surface area contributed by atoms with Crippen LogP contribution in [0.4, 0.5) is 4.39 Å². The maximum absolute atomic E-state index is 13.0. The molecular weight excluding hydrogens is 373 g/mol. The highest BCUT2D eigenvalue weighted by atomic mass is 19.1. The van der Waals surface area contributed by atoms with E-state index >= 15 is 0 Å². The van der Waals surface area contributed by atoms with E-state index in [4.69, 9.17) is 4.74 Å². The van der Waals surface area contributed by atoms with Crippen molar-refractivity contribution in [1.29, 1.82) is 0 Å². The van der Waals surface area contributed by atoms with Gasteiger partial charge in [0.2, 0.25) is 5.91 Å². The lowest BCUT2D eigenvalue weighted by molar-refractivity contribution is -0.148. The molecule has 0 aliphatic heterocycles. The molecule has 0 aromatic heterocycles. The Morgan fingerprint density at radius 2 is 1.76 bits per heavy atom. The number of carbonyl (C=O) groups is 2. The summed E-state index contributed by atoms with van der Waals surface area (Å²) in [6.45, 7) is 0.793. The van der Waals surface area contributed by atoms with E-state index in [-0.39, 0.29) is 11.7 Å². The van der Waals surface area contributed by atoms with Gasteiger partial charge < -0.3 is 15.2 Å².